The number of carbonyl (C=O) groups is 1. The van der Waals surface area contributed by atoms with Gasteiger partial charge in [0.1, 0.15) is 22.8 Å². The first-order valence-corrected chi connectivity index (χ1v) is 11.6. The molecule has 35 heavy (non-hydrogen) atoms. The van der Waals surface area contributed by atoms with Crippen LogP contribution >= 0.6 is 0 Å². The van der Waals surface area contributed by atoms with Crippen molar-refractivity contribution >= 4 is 28.1 Å². The molecule has 4 rings (SSSR count). The lowest BCUT2D eigenvalue weighted by atomic mass is 9.99. The highest BCUT2D eigenvalue weighted by atomic mass is 16.5. The Balaban J connectivity index is 1.70. The molecule has 0 aliphatic rings. The van der Waals surface area contributed by atoms with Crippen molar-refractivity contribution in [2.45, 2.75) is 20.8 Å². The van der Waals surface area contributed by atoms with E-state index >= 15 is 0 Å². The third-order valence-electron chi connectivity index (χ3n) is 5.59. The SMILES string of the molecule is CCOc1ccc(-c2coc3cc(OCC)c(/C(C)=C/C(=O)Nc4ccccc4OC)cc23)cc1. The van der Waals surface area contributed by atoms with E-state index in [-0.39, 0.29) is 5.91 Å². The molecule has 4 aromatic rings. The number of allylic oxidation sites excluding steroid dienone is 1. The molecule has 0 unspecified atom stereocenters. The van der Waals surface area contributed by atoms with E-state index in [1.54, 1.807) is 31.6 Å². The van der Waals surface area contributed by atoms with Gasteiger partial charge in [-0.2, -0.15) is 0 Å². The van der Waals surface area contributed by atoms with E-state index in [0.29, 0.717) is 36.0 Å². The summed E-state index contributed by atoms with van der Waals surface area (Å²) in [5, 5.41) is 3.82. The Labute approximate surface area is 205 Å². The molecule has 6 nitrogen and oxygen atoms in total. The Hall–Kier alpha value is -4.19. The van der Waals surface area contributed by atoms with Crippen LogP contribution in [-0.2, 0) is 4.79 Å². The van der Waals surface area contributed by atoms with Gasteiger partial charge in [0.05, 0.1) is 32.3 Å². The van der Waals surface area contributed by atoms with Gasteiger partial charge in [0.2, 0.25) is 5.91 Å². The smallest absolute Gasteiger partial charge is 0.248 e. The first kappa shape index (κ1) is 24.0. The summed E-state index contributed by atoms with van der Waals surface area (Å²) in [5.74, 6) is 1.82. The van der Waals surface area contributed by atoms with Crippen LogP contribution in [0.4, 0.5) is 5.69 Å². The molecule has 1 aromatic heterocycles. The van der Waals surface area contributed by atoms with Crippen LogP contribution in [0.1, 0.15) is 26.3 Å². The number of nitrogens with one attached hydrogen (secondary N) is 1. The van der Waals surface area contributed by atoms with Crippen LogP contribution in [0.2, 0.25) is 0 Å². The minimum atomic E-state index is -0.256. The van der Waals surface area contributed by atoms with Crippen molar-refractivity contribution in [1.82, 2.24) is 0 Å². The molecule has 180 valence electrons. The summed E-state index contributed by atoms with van der Waals surface area (Å²) in [6.07, 6.45) is 3.31. The second kappa shape index (κ2) is 10.8. The highest BCUT2D eigenvalue weighted by molar-refractivity contribution is 6.06. The molecule has 1 heterocycles. The Morgan fingerprint density at radius 3 is 2.43 bits per heavy atom. The fourth-order valence-corrected chi connectivity index (χ4v) is 3.95. The van der Waals surface area contributed by atoms with Crippen LogP contribution in [-0.4, -0.2) is 26.2 Å². The second-order valence-electron chi connectivity index (χ2n) is 7.90. The standard InChI is InChI=1S/C29H29NO5/c1-5-33-21-13-11-20(12-14-21)24-18-35-28-17-27(34-6-2)22(16-23(24)28)19(3)15-29(31)30-25-9-7-8-10-26(25)32-4/h7-18H,5-6H2,1-4H3,(H,30,31)/b19-15+. The van der Waals surface area contributed by atoms with Crippen molar-refractivity contribution in [3.05, 3.63) is 78.6 Å². The predicted molar refractivity (Wildman–Crippen MR) is 139 cm³/mol. The molecule has 0 fully saturated rings. The predicted octanol–water partition coefficient (Wildman–Crippen LogP) is 6.95. The zero-order valence-electron chi connectivity index (χ0n) is 20.4. The summed E-state index contributed by atoms with van der Waals surface area (Å²) in [6.45, 7) is 6.89. The van der Waals surface area contributed by atoms with Gasteiger partial charge in [-0.25, -0.2) is 0 Å². The zero-order valence-corrected chi connectivity index (χ0v) is 20.4. The monoisotopic (exact) mass is 471 g/mol. The first-order chi connectivity index (χ1) is 17.0. The summed E-state index contributed by atoms with van der Waals surface area (Å²) in [5.41, 5.74) is 4.88. The van der Waals surface area contributed by atoms with Gasteiger partial charge in [-0.3, -0.25) is 4.79 Å². The molecule has 0 aliphatic carbocycles. The first-order valence-electron chi connectivity index (χ1n) is 11.6. The summed E-state index contributed by atoms with van der Waals surface area (Å²) in [7, 11) is 1.57. The Bertz CT molecular complexity index is 1350. The highest BCUT2D eigenvalue weighted by Gasteiger charge is 2.16. The van der Waals surface area contributed by atoms with E-state index in [1.165, 1.54) is 0 Å². The maximum Gasteiger partial charge on any atom is 0.248 e. The number of amides is 1. The number of rotatable bonds is 9. The lowest BCUT2D eigenvalue weighted by Crippen LogP contribution is -2.09. The van der Waals surface area contributed by atoms with Crippen molar-refractivity contribution in [2.75, 3.05) is 25.6 Å². The number of hydrogen-bond donors (Lipinski definition) is 1. The molecule has 1 N–H and O–H groups in total. The van der Waals surface area contributed by atoms with Gasteiger partial charge in [0.15, 0.2) is 0 Å². The molecular formula is C29H29NO5. The van der Waals surface area contributed by atoms with Gasteiger partial charge in [0.25, 0.3) is 0 Å². The third kappa shape index (κ3) is 5.32. The molecule has 6 heteroatoms. The lowest BCUT2D eigenvalue weighted by molar-refractivity contribution is -0.111. The average Bonchev–Trinajstić information content (AvgIpc) is 3.27. The lowest BCUT2D eigenvalue weighted by Gasteiger charge is -2.12. The molecule has 0 atom stereocenters. The summed E-state index contributed by atoms with van der Waals surface area (Å²) in [6, 6.07) is 19.1. The Morgan fingerprint density at radius 2 is 1.71 bits per heavy atom. The largest absolute Gasteiger partial charge is 0.495 e. The van der Waals surface area contributed by atoms with Crippen LogP contribution < -0.4 is 19.5 Å². The van der Waals surface area contributed by atoms with Crippen molar-refractivity contribution in [3.63, 3.8) is 0 Å². The molecular weight excluding hydrogens is 442 g/mol. The Morgan fingerprint density at radius 1 is 0.971 bits per heavy atom. The summed E-state index contributed by atoms with van der Waals surface area (Å²) < 4.78 is 22.6. The quantitative estimate of drug-likeness (QED) is 0.268. The van der Waals surface area contributed by atoms with Gasteiger partial charge in [0, 0.05) is 28.7 Å². The van der Waals surface area contributed by atoms with Crippen LogP contribution in [0, 0.1) is 0 Å². The van der Waals surface area contributed by atoms with Crippen molar-refractivity contribution < 1.29 is 23.4 Å². The number of benzene rings is 3. The number of carbonyl (C=O) groups excluding carboxylic acids is 1. The van der Waals surface area contributed by atoms with E-state index in [0.717, 1.165) is 33.4 Å². The number of anilines is 1. The third-order valence-corrected chi connectivity index (χ3v) is 5.59. The summed E-state index contributed by atoms with van der Waals surface area (Å²) in [4.78, 5) is 12.8. The minimum Gasteiger partial charge on any atom is -0.495 e. The van der Waals surface area contributed by atoms with Crippen LogP contribution in [0.15, 0.2) is 77.4 Å². The van der Waals surface area contributed by atoms with Crippen molar-refractivity contribution in [3.8, 4) is 28.4 Å². The molecule has 0 saturated carbocycles. The van der Waals surface area contributed by atoms with E-state index in [1.807, 2.05) is 69.3 Å². The number of methoxy groups -OCH3 is 1. The number of fused-ring (bicyclic) bond motifs is 1. The van der Waals surface area contributed by atoms with E-state index < -0.39 is 0 Å². The maximum absolute atomic E-state index is 12.8. The Kier molecular flexibility index (Phi) is 7.41. The zero-order chi connectivity index (χ0) is 24.8. The van der Waals surface area contributed by atoms with Gasteiger partial charge in [-0.15, -0.1) is 0 Å². The van der Waals surface area contributed by atoms with Gasteiger partial charge in [-0.05, 0) is 62.2 Å². The van der Waals surface area contributed by atoms with Crippen molar-refractivity contribution in [1.29, 1.82) is 0 Å². The fraction of sp³-hybridized carbons (Fsp3) is 0.207. The molecule has 0 radical (unpaired) electrons. The number of furan rings is 1. The van der Waals surface area contributed by atoms with Crippen molar-refractivity contribution in [2.24, 2.45) is 0 Å². The number of ether oxygens (including phenoxy) is 3. The molecule has 0 bridgehead atoms. The minimum absolute atomic E-state index is 0.256. The maximum atomic E-state index is 12.8. The van der Waals surface area contributed by atoms with Crippen LogP contribution in [0.5, 0.6) is 17.2 Å². The van der Waals surface area contributed by atoms with E-state index in [9.17, 15) is 4.79 Å². The average molecular weight is 472 g/mol. The molecule has 3 aromatic carbocycles. The molecule has 0 aliphatic heterocycles. The second-order valence-corrected chi connectivity index (χ2v) is 7.90. The van der Waals surface area contributed by atoms with Crippen LogP contribution in [0.25, 0.3) is 27.7 Å². The van der Waals surface area contributed by atoms with E-state index in [2.05, 4.69) is 5.32 Å². The molecule has 0 saturated heterocycles. The number of para-hydroxylation sites is 2. The topological polar surface area (TPSA) is 69.9 Å². The molecule has 0 spiro atoms. The van der Waals surface area contributed by atoms with Crippen LogP contribution in [0.3, 0.4) is 0 Å². The molecule has 1 amide bonds. The summed E-state index contributed by atoms with van der Waals surface area (Å²) >= 11 is 0. The number of hydrogen-bond acceptors (Lipinski definition) is 5. The normalized spacial score (nSPS) is 11.4. The highest BCUT2D eigenvalue weighted by Crippen LogP contribution is 2.38. The van der Waals surface area contributed by atoms with Gasteiger partial charge < -0.3 is 23.9 Å². The van der Waals surface area contributed by atoms with Gasteiger partial charge in [-0.1, -0.05) is 24.3 Å². The van der Waals surface area contributed by atoms with Gasteiger partial charge >= 0.3 is 0 Å². The van der Waals surface area contributed by atoms with E-state index in [4.69, 9.17) is 18.6 Å². The fourth-order valence-electron chi connectivity index (χ4n) is 3.95.